The minimum Gasteiger partial charge on any atom is -0.359 e. The molecule has 0 saturated heterocycles. The normalized spacial score (nSPS) is 20.3. The van der Waals surface area contributed by atoms with Crippen LogP contribution in [0.15, 0.2) is 35.1 Å². The summed E-state index contributed by atoms with van der Waals surface area (Å²) in [5.41, 5.74) is 2.14. The molecule has 0 amide bonds. The van der Waals surface area contributed by atoms with Crippen molar-refractivity contribution in [2.75, 3.05) is 5.32 Å². The summed E-state index contributed by atoms with van der Waals surface area (Å²) in [5.74, 6) is 0.603. The zero-order valence-corrected chi connectivity index (χ0v) is 15.9. The Balaban J connectivity index is 1.81. The van der Waals surface area contributed by atoms with Crippen LogP contribution in [0.5, 0.6) is 0 Å². The van der Waals surface area contributed by atoms with E-state index in [2.05, 4.69) is 17.6 Å². The summed E-state index contributed by atoms with van der Waals surface area (Å²) in [6.45, 7) is 4.19. The maximum atomic E-state index is 12.9. The van der Waals surface area contributed by atoms with Gasteiger partial charge in [-0.1, -0.05) is 38.0 Å². The molecule has 0 radical (unpaired) electrons. The standard InChI is InChI=1S/C19H26N4OS/c1-13-9-7-8-12-16(13)20-19(25)21-17-14(2)22(3)23(18(17)24)15-10-5-4-6-11-15/h4-6,10-11,13,16H,7-9,12H2,1-3H3,(H2,20,21,25)/t13-,16+/m1/s1. The van der Waals surface area contributed by atoms with Crippen LogP contribution in [-0.4, -0.2) is 20.5 Å². The molecular weight excluding hydrogens is 332 g/mol. The zero-order chi connectivity index (χ0) is 18.0. The Morgan fingerprint density at radius 3 is 2.56 bits per heavy atom. The molecule has 1 heterocycles. The zero-order valence-electron chi connectivity index (χ0n) is 15.1. The van der Waals surface area contributed by atoms with Crippen molar-refractivity contribution in [3.8, 4) is 5.69 Å². The second-order valence-corrected chi connectivity index (χ2v) is 7.31. The Morgan fingerprint density at radius 1 is 1.20 bits per heavy atom. The Morgan fingerprint density at radius 2 is 1.88 bits per heavy atom. The molecule has 1 fully saturated rings. The van der Waals surface area contributed by atoms with Gasteiger partial charge < -0.3 is 10.6 Å². The van der Waals surface area contributed by atoms with Crippen LogP contribution in [0.3, 0.4) is 0 Å². The molecule has 3 rings (SSSR count). The van der Waals surface area contributed by atoms with Gasteiger partial charge in [0.2, 0.25) is 0 Å². The van der Waals surface area contributed by atoms with Gasteiger partial charge in [-0.3, -0.25) is 9.48 Å². The van der Waals surface area contributed by atoms with Crippen molar-refractivity contribution < 1.29 is 0 Å². The number of anilines is 1. The smallest absolute Gasteiger partial charge is 0.295 e. The number of aromatic nitrogens is 2. The number of para-hydroxylation sites is 1. The van der Waals surface area contributed by atoms with Gasteiger partial charge in [0, 0.05) is 13.1 Å². The largest absolute Gasteiger partial charge is 0.359 e. The van der Waals surface area contributed by atoms with Gasteiger partial charge in [-0.2, -0.15) is 0 Å². The summed E-state index contributed by atoms with van der Waals surface area (Å²) in [6, 6.07) is 10.0. The quantitative estimate of drug-likeness (QED) is 0.826. The Labute approximate surface area is 154 Å². The average molecular weight is 359 g/mol. The first kappa shape index (κ1) is 17.7. The van der Waals surface area contributed by atoms with E-state index in [1.807, 2.05) is 49.0 Å². The summed E-state index contributed by atoms with van der Waals surface area (Å²) in [7, 11) is 1.88. The number of nitrogens with one attached hydrogen (secondary N) is 2. The van der Waals surface area contributed by atoms with E-state index in [4.69, 9.17) is 12.2 Å². The molecule has 0 unspecified atom stereocenters. The number of thiocarbonyl (C=S) groups is 1. The fraction of sp³-hybridized carbons (Fsp3) is 0.474. The molecule has 2 atom stereocenters. The van der Waals surface area contributed by atoms with Crippen molar-refractivity contribution in [2.45, 2.75) is 45.6 Å². The highest BCUT2D eigenvalue weighted by Crippen LogP contribution is 2.24. The third-order valence-electron chi connectivity index (χ3n) is 5.22. The van der Waals surface area contributed by atoms with E-state index in [9.17, 15) is 4.79 Å². The molecule has 1 saturated carbocycles. The molecule has 2 aromatic rings. The molecule has 6 heteroatoms. The number of nitrogens with zero attached hydrogens (tertiary/aromatic N) is 2. The molecule has 1 aromatic carbocycles. The topological polar surface area (TPSA) is 51.0 Å². The van der Waals surface area contributed by atoms with Crippen LogP contribution in [0.1, 0.15) is 38.3 Å². The maximum Gasteiger partial charge on any atom is 0.295 e. The van der Waals surface area contributed by atoms with Gasteiger partial charge in [0.05, 0.1) is 11.4 Å². The van der Waals surface area contributed by atoms with E-state index in [-0.39, 0.29) is 5.56 Å². The summed E-state index contributed by atoms with van der Waals surface area (Å²) in [5, 5.41) is 7.08. The van der Waals surface area contributed by atoms with Crippen molar-refractivity contribution in [1.29, 1.82) is 0 Å². The lowest BCUT2D eigenvalue weighted by atomic mass is 9.86. The third kappa shape index (κ3) is 3.63. The number of rotatable bonds is 3. The van der Waals surface area contributed by atoms with Gasteiger partial charge in [0.25, 0.3) is 5.56 Å². The van der Waals surface area contributed by atoms with Crippen molar-refractivity contribution in [1.82, 2.24) is 14.7 Å². The minimum absolute atomic E-state index is 0.0907. The lowest BCUT2D eigenvalue weighted by molar-refractivity contribution is 0.309. The summed E-state index contributed by atoms with van der Waals surface area (Å²) in [6.07, 6.45) is 4.88. The molecule has 0 bridgehead atoms. The molecule has 25 heavy (non-hydrogen) atoms. The molecule has 2 N–H and O–H groups in total. The van der Waals surface area contributed by atoms with Crippen molar-refractivity contribution >= 4 is 23.0 Å². The first-order chi connectivity index (χ1) is 12.0. The van der Waals surface area contributed by atoms with Gasteiger partial charge in [0.1, 0.15) is 5.69 Å². The van der Waals surface area contributed by atoms with Gasteiger partial charge in [-0.25, -0.2) is 4.68 Å². The van der Waals surface area contributed by atoms with Crippen LogP contribution in [0.4, 0.5) is 5.69 Å². The van der Waals surface area contributed by atoms with E-state index in [0.717, 1.165) is 17.8 Å². The van der Waals surface area contributed by atoms with E-state index >= 15 is 0 Å². The highest BCUT2D eigenvalue weighted by Gasteiger charge is 2.23. The predicted molar refractivity (Wildman–Crippen MR) is 107 cm³/mol. The molecule has 1 aromatic heterocycles. The first-order valence-corrected chi connectivity index (χ1v) is 9.31. The highest BCUT2D eigenvalue weighted by molar-refractivity contribution is 7.80. The van der Waals surface area contributed by atoms with Crippen molar-refractivity contribution in [3.05, 3.63) is 46.4 Å². The van der Waals surface area contributed by atoms with E-state index < -0.39 is 0 Å². The van der Waals surface area contributed by atoms with E-state index in [1.165, 1.54) is 19.3 Å². The molecule has 134 valence electrons. The van der Waals surface area contributed by atoms with Gasteiger partial charge in [-0.05, 0) is 50.0 Å². The second kappa shape index (κ2) is 7.44. The van der Waals surface area contributed by atoms with Crippen LogP contribution < -0.4 is 16.2 Å². The van der Waals surface area contributed by atoms with Crippen LogP contribution in [0.25, 0.3) is 5.69 Å². The van der Waals surface area contributed by atoms with Crippen LogP contribution in [0.2, 0.25) is 0 Å². The van der Waals surface area contributed by atoms with Crippen molar-refractivity contribution in [2.24, 2.45) is 13.0 Å². The highest BCUT2D eigenvalue weighted by atomic mass is 32.1. The van der Waals surface area contributed by atoms with Gasteiger partial charge >= 0.3 is 0 Å². The van der Waals surface area contributed by atoms with Crippen molar-refractivity contribution in [3.63, 3.8) is 0 Å². The molecule has 1 aliphatic carbocycles. The number of benzene rings is 1. The Kier molecular flexibility index (Phi) is 5.27. The minimum atomic E-state index is -0.0907. The number of hydrogen-bond acceptors (Lipinski definition) is 2. The van der Waals surface area contributed by atoms with Gasteiger partial charge in [0.15, 0.2) is 5.11 Å². The molecule has 0 spiro atoms. The fourth-order valence-corrected chi connectivity index (χ4v) is 3.81. The Hall–Kier alpha value is -2.08. The molecule has 5 nitrogen and oxygen atoms in total. The molecular formula is C19H26N4OS. The van der Waals surface area contributed by atoms with E-state index in [0.29, 0.717) is 22.8 Å². The van der Waals surface area contributed by atoms with Crippen LogP contribution >= 0.6 is 12.2 Å². The van der Waals surface area contributed by atoms with Crippen LogP contribution in [0, 0.1) is 12.8 Å². The second-order valence-electron chi connectivity index (χ2n) is 6.90. The molecule has 0 aliphatic heterocycles. The Bertz CT molecular complexity index is 809. The number of hydrogen-bond donors (Lipinski definition) is 2. The molecule has 1 aliphatic rings. The third-order valence-corrected chi connectivity index (χ3v) is 5.44. The lowest BCUT2D eigenvalue weighted by Crippen LogP contribution is -2.43. The summed E-state index contributed by atoms with van der Waals surface area (Å²) >= 11 is 5.48. The van der Waals surface area contributed by atoms with Crippen LogP contribution in [-0.2, 0) is 7.05 Å². The SMILES string of the molecule is Cc1c(NC(=S)N[C@H]2CCCC[C@H]2C)c(=O)n(-c2ccccc2)n1C. The average Bonchev–Trinajstić information content (AvgIpc) is 2.81. The van der Waals surface area contributed by atoms with Gasteiger partial charge in [-0.15, -0.1) is 0 Å². The fourth-order valence-electron chi connectivity index (χ4n) is 3.56. The summed E-state index contributed by atoms with van der Waals surface area (Å²) < 4.78 is 3.51. The van der Waals surface area contributed by atoms with E-state index in [1.54, 1.807) is 4.68 Å². The predicted octanol–water partition coefficient (Wildman–Crippen LogP) is 3.35. The maximum absolute atomic E-state index is 12.9. The monoisotopic (exact) mass is 358 g/mol. The lowest BCUT2D eigenvalue weighted by Gasteiger charge is -2.30. The summed E-state index contributed by atoms with van der Waals surface area (Å²) in [4.78, 5) is 12.9. The first-order valence-electron chi connectivity index (χ1n) is 8.90.